The quantitative estimate of drug-likeness (QED) is 0.756. The summed E-state index contributed by atoms with van der Waals surface area (Å²) < 4.78 is 0. The van der Waals surface area contributed by atoms with E-state index in [0.29, 0.717) is 13.1 Å². The number of nitrogens with one attached hydrogen (secondary N) is 1. The van der Waals surface area contributed by atoms with Crippen LogP contribution in [0.4, 0.5) is 0 Å². The molecule has 0 saturated carbocycles. The highest BCUT2D eigenvalue weighted by Crippen LogP contribution is 2.20. The number of nitrogens with two attached hydrogens (primary N) is 1. The normalized spacial score (nSPS) is 12.5. The van der Waals surface area contributed by atoms with E-state index in [1.807, 2.05) is 24.4 Å². The summed E-state index contributed by atoms with van der Waals surface area (Å²) in [5.41, 5.74) is 5.28. The zero-order valence-corrected chi connectivity index (χ0v) is 8.43. The average molecular weight is 198 g/mol. The van der Waals surface area contributed by atoms with E-state index in [-0.39, 0.29) is 11.8 Å². The summed E-state index contributed by atoms with van der Waals surface area (Å²) in [6.45, 7) is 2.94. The van der Waals surface area contributed by atoms with Gasteiger partial charge in [-0.05, 0) is 18.4 Å². The van der Waals surface area contributed by atoms with E-state index in [1.54, 1.807) is 11.3 Å². The van der Waals surface area contributed by atoms with Crippen LogP contribution in [0.2, 0.25) is 0 Å². The average Bonchev–Trinajstić information content (AvgIpc) is 2.65. The van der Waals surface area contributed by atoms with Crippen LogP contribution in [0.1, 0.15) is 17.7 Å². The molecular weight excluding hydrogens is 184 g/mol. The zero-order valence-electron chi connectivity index (χ0n) is 7.62. The van der Waals surface area contributed by atoms with Crippen molar-refractivity contribution < 1.29 is 4.79 Å². The number of hydrogen-bond acceptors (Lipinski definition) is 3. The first-order valence-corrected chi connectivity index (χ1v) is 5.15. The molecule has 3 nitrogen and oxygen atoms in total. The van der Waals surface area contributed by atoms with E-state index in [0.717, 1.165) is 4.88 Å². The number of amides is 1. The van der Waals surface area contributed by atoms with Crippen LogP contribution in [-0.4, -0.2) is 19.0 Å². The molecule has 13 heavy (non-hydrogen) atoms. The molecule has 1 amide bonds. The molecule has 1 atom stereocenters. The standard InChI is InChI=1S/C9H14N2OS/c1-7(8-3-2-6-13-8)9(12)11-5-4-10/h2-3,6-7H,4-5,10H2,1H3,(H,11,12). The Morgan fingerprint density at radius 1 is 1.77 bits per heavy atom. The molecule has 1 rings (SSSR count). The molecule has 0 saturated heterocycles. The minimum absolute atomic E-state index is 0.0490. The topological polar surface area (TPSA) is 55.1 Å². The second-order valence-electron chi connectivity index (χ2n) is 2.82. The Kier molecular flexibility index (Phi) is 3.92. The lowest BCUT2D eigenvalue weighted by Crippen LogP contribution is -2.32. The fourth-order valence-corrected chi connectivity index (χ4v) is 1.80. The fraction of sp³-hybridized carbons (Fsp3) is 0.444. The molecule has 4 heteroatoms. The third-order valence-corrected chi connectivity index (χ3v) is 2.86. The maximum atomic E-state index is 11.4. The van der Waals surface area contributed by atoms with Crippen LogP contribution < -0.4 is 11.1 Å². The smallest absolute Gasteiger partial charge is 0.228 e. The number of rotatable bonds is 4. The Hall–Kier alpha value is -0.870. The number of carbonyl (C=O) groups excluding carboxylic acids is 1. The molecule has 72 valence electrons. The fourth-order valence-electron chi connectivity index (χ4n) is 1.02. The first-order valence-electron chi connectivity index (χ1n) is 4.27. The molecule has 0 spiro atoms. The molecule has 0 bridgehead atoms. The zero-order chi connectivity index (χ0) is 9.68. The number of hydrogen-bond donors (Lipinski definition) is 2. The van der Waals surface area contributed by atoms with Gasteiger partial charge in [0.25, 0.3) is 0 Å². The number of thiophene rings is 1. The SMILES string of the molecule is CC(C(=O)NCCN)c1cccs1. The predicted octanol–water partition coefficient (Wildman–Crippen LogP) is 0.927. The van der Waals surface area contributed by atoms with Crippen molar-refractivity contribution in [2.75, 3.05) is 13.1 Å². The van der Waals surface area contributed by atoms with Crippen LogP contribution in [0.5, 0.6) is 0 Å². The largest absolute Gasteiger partial charge is 0.354 e. The molecule has 0 aromatic carbocycles. The van der Waals surface area contributed by atoms with Gasteiger partial charge < -0.3 is 11.1 Å². The van der Waals surface area contributed by atoms with E-state index >= 15 is 0 Å². The van der Waals surface area contributed by atoms with E-state index in [1.165, 1.54) is 0 Å². The second kappa shape index (κ2) is 4.99. The summed E-state index contributed by atoms with van der Waals surface area (Å²) in [5.74, 6) is -0.0144. The molecule has 0 aliphatic rings. The minimum Gasteiger partial charge on any atom is -0.354 e. The molecular formula is C9H14N2OS. The van der Waals surface area contributed by atoms with E-state index in [4.69, 9.17) is 5.73 Å². The van der Waals surface area contributed by atoms with Gasteiger partial charge in [-0.3, -0.25) is 4.79 Å². The molecule has 0 fully saturated rings. The van der Waals surface area contributed by atoms with Crippen molar-refractivity contribution in [2.24, 2.45) is 5.73 Å². The van der Waals surface area contributed by atoms with Crippen molar-refractivity contribution >= 4 is 17.2 Å². The Balaban J connectivity index is 2.48. The molecule has 0 aliphatic carbocycles. The predicted molar refractivity (Wildman–Crippen MR) is 54.8 cm³/mol. The second-order valence-corrected chi connectivity index (χ2v) is 3.80. The lowest BCUT2D eigenvalue weighted by atomic mass is 10.1. The molecule has 1 aromatic rings. The number of carbonyl (C=O) groups is 1. The Morgan fingerprint density at radius 3 is 3.08 bits per heavy atom. The van der Waals surface area contributed by atoms with E-state index in [2.05, 4.69) is 5.32 Å². The third-order valence-electron chi connectivity index (χ3n) is 1.81. The Bertz CT molecular complexity index is 259. The van der Waals surface area contributed by atoms with Crippen LogP contribution in [0.15, 0.2) is 17.5 Å². The summed E-state index contributed by atoms with van der Waals surface area (Å²) in [5, 5.41) is 4.74. The first kappa shape index (κ1) is 10.2. The van der Waals surface area contributed by atoms with Crippen molar-refractivity contribution in [1.82, 2.24) is 5.32 Å². The van der Waals surface area contributed by atoms with Crippen molar-refractivity contribution in [3.05, 3.63) is 22.4 Å². The molecule has 1 heterocycles. The van der Waals surface area contributed by atoms with Crippen molar-refractivity contribution in [1.29, 1.82) is 0 Å². The lowest BCUT2D eigenvalue weighted by Gasteiger charge is -2.09. The highest BCUT2D eigenvalue weighted by molar-refractivity contribution is 7.10. The summed E-state index contributed by atoms with van der Waals surface area (Å²) in [6, 6.07) is 3.92. The molecule has 3 N–H and O–H groups in total. The van der Waals surface area contributed by atoms with Crippen molar-refractivity contribution in [3.8, 4) is 0 Å². The van der Waals surface area contributed by atoms with Crippen LogP contribution in [0.25, 0.3) is 0 Å². The van der Waals surface area contributed by atoms with Gasteiger partial charge in [0.05, 0.1) is 5.92 Å². The highest BCUT2D eigenvalue weighted by Gasteiger charge is 2.14. The van der Waals surface area contributed by atoms with Crippen LogP contribution in [0.3, 0.4) is 0 Å². The van der Waals surface area contributed by atoms with Gasteiger partial charge in [0.2, 0.25) is 5.91 Å². The highest BCUT2D eigenvalue weighted by atomic mass is 32.1. The first-order chi connectivity index (χ1) is 6.25. The van der Waals surface area contributed by atoms with Crippen LogP contribution >= 0.6 is 11.3 Å². The van der Waals surface area contributed by atoms with Gasteiger partial charge in [-0.25, -0.2) is 0 Å². The van der Waals surface area contributed by atoms with Crippen molar-refractivity contribution in [3.63, 3.8) is 0 Å². The van der Waals surface area contributed by atoms with Gasteiger partial charge in [-0.15, -0.1) is 11.3 Å². The molecule has 0 radical (unpaired) electrons. The maximum Gasteiger partial charge on any atom is 0.228 e. The van der Waals surface area contributed by atoms with Crippen LogP contribution in [-0.2, 0) is 4.79 Å². The molecule has 0 aliphatic heterocycles. The van der Waals surface area contributed by atoms with Gasteiger partial charge >= 0.3 is 0 Å². The third kappa shape index (κ3) is 2.82. The van der Waals surface area contributed by atoms with Gasteiger partial charge in [0.15, 0.2) is 0 Å². The summed E-state index contributed by atoms with van der Waals surface area (Å²) >= 11 is 1.60. The summed E-state index contributed by atoms with van der Waals surface area (Å²) in [7, 11) is 0. The van der Waals surface area contributed by atoms with Gasteiger partial charge in [0.1, 0.15) is 0 Å². The van der Waals surface area contributed by atoms with Gasteiger partial charge in [-0.2, -0.15) is 0 Å². The van der Waals surface area contributed by atoms with E-state index in [9.17, 15) is 4.79 Å². The summed E-state index contributed by atoms with van der Waals surface area (Å²) in [6.07, 6.45) is 0. The summed E-state index contributed by atoms with van der Waals surface area (Å²) in [4.78, 5) is 12.5. The molecule has 1 unspecified atom stereocenters. The Labute approximate surface area is 81.9 Å². The lowest BCUT2D eigenvalue weighted by molar-refractivity contribution is -0.122. The van der Waals surface area contributed by atoms with E-state index < -0.39 is 0 Å². The molecule has 1 aromatic heterocycles. The van der Waals surface area contributed by atoms with Gasteiger partial charge in [-0.1, -0.05) is 6.07 Å². The van der Waals surface area contributed by atoms with Gasteiger partial charge in [0, 0.05) is 18.0 Å². The minimum atomic E-state index is -0.0634. The maximum absolute atomic E-state index is 11.4. The van der Waals surface area contributed by atoms with Crippen molar-refractivity contribution in [2.45, 2.75) is 12.8 Å². The monoisotopic (exact) mass is 198 g/mol. The Morgan fingerprint density at radius 2 is 2.54 bits per heavy atom. The van der Waals surface area contributed by atoms with Crippen LogP contribution in [0, 0.1) is 0 Å².